The number of anilines is 1. The molecule has 0 aliphatic heterocycles. The topological polar surface area (TPSA) is 67.6 Å². The van der Waals surface area contributed by atoms with Gasteiger partial charge in [0, 0.05) is 5.92 Å². The van der Waals surface area contributed by atoms with Gasteiger partial charge in [0.1, 0.15) is 5.82 Å². The number of H-pyrrole nitrogens is 1. The standard InChI is InChI=1S/C7H12N4/c1-7(2)3-4(7)5-9-6(8)11-10-5/h4H,3H2,1-2H3,(H3,8,9,10,11)/t4-/m1/s1. The first kappa shape index (κ1) is 6.64. The smallest absolute Gasteiger partial charge is 0.239 e. The number of rotatable bonds is 1. The first-order valence-electron chi connectivity index (χ1n) is 3.77. The second kappa shape index (κ2) is 1.75. The molecule has 0 unspecified atom stereocenters. The van der Waals surface area contributed by atoms with Crippen LogP contribution in [0.3, 0.4) is 0 Å². The molecule has 1 aliphatic rings. The predicted molar refractivity (Wildman–Crippen MR) is 41.9 cm³/mol. The Morgan fingerprint density at radius 1 is 1.64 bits per heavy atom. The molecule has 4 nitrogen and oxygen atoms in total. The first-order valence-corrected chi connectivity index (χ1v) is 3.77. The van der Waals surface area contributed by atoms with Gasteiger partial charge in [0.05, 0.1) is 0 Å². The van der Waals surface area contributed by atoms with E-state index in [2.05, 4.69) is 29.0 Å². The SMILES string of the molecule is CC1(C)C[C@@H]1c1nc(N)n[nH]1. The zero-order chi connectivity index (χ0) is 8.06. The Morgan fingerprint density at radius 3 is 2.64 bits per heavy atom. The maximum Gasteiger partial charge on any atom is 0.239 e. The lowest BCUT2D eigenvalue weighted by Crippen LogP contribution is -1.92. The van der Waals surface area contributed by atoms with E-state index in [0.29, 0.717) is 17.3 Å². The zero-order valence-corrected chi connectivity index (χ0v) is 6.76. The maximum absolute atomic E-state index is 5.38. The summed E-state index contributed by atoms with van der Waals surface area (Å²) in [7, 11) is 0. The largest absolute Gasteiger partial charge is 0.367 e. The summed E-state index contributed by atoms with van der Waals surface area (Å²) in [4.78, 5) is 4.08. The van der Waals surface area contributed by atoms with Crippen LogP contribution in [0.25, 0.3) is 0 Å². The minimum Gasteiger partial charge on any atom is -0.367 e. The molecule has 0 amide bonds. The number of hydrogen-bond acceptors (Lipinski definition) is 3. The third-order valence-electron chi connectivity index (χ3n) is 2.36. The third-order valence-corrected chi connectivity index (χ3v) is 2.36. The number of nitrogens with two attached hydrogens (primary N) is 1. The van der Waals surface area contributed by atoms with Crippen molar-refractivity contribution in [1.29, 1.82) is 0 Å². The van der Waals surface area contributed by atoms with Crippen molar-refractivity contribution in [2.24, 2.45) is 5.41 Å². The van der Waals surface area contributed by atoms with Gasteiger partial charge in [-0.1, -0.05) is 13.8 Å². The van der Waals surface area contributed by atoms with Crippen molar-refractivity contribution in [2.45, 2.75) is 26.2 Å². The molecule has 11 heavy (non-hydrogen) atoms. The van der Waals surface area contributed by atoms with Gasteiger partial charge in [-0.2, -0.15) is 4.98 Å². The van der Waals surface area contributed by atoms with Crippen molar-refractivity contribution in [2.75, 3.05) is 5.73 Å². The van der Waals surface area contributed by atoms with Gasteiger partial charge in [0.25, 0.3) is 0 Å². The number of nitrogen functional groups attached to an aromatic ring is 1. The number of aromatic amines is 1. The highest BCUT2D eigenvalue weighted by Crippen LogP contribution is 2.57. The van der Waals surface area contributed by atoms with Crippen molar-refractivity contribution in [3.05, 3.63) is 5.82 Å². The van der Waals surface area contributed by atoms with Gasteiger partial charge in [-0.15, -0.1) is 5.10 Å². The lowest BCUT2D eigenvalue weighted by atomic mass is 10.1. The molecule has 1 heterocycles. The van der Waals surface area contributed by atoms with Crippen LogP contribution in [-0.2, 0) is 0 Å². The second-order valence-electron chi connectivity index (χ2n) is 3.82. The molecule has 0 aromatic carbocycles. The monoisotopic (exact) mass is 152 g/mol. The number of hydrogen-bond donors (Lipinski definition) is 2. The van der Waals surface area contributed by atoms with Gasteiger partial charge < -0.3 is 5.73 Å². The molecular formula is C7H12N4. The lowest BCUT2D eigenvalue weighted by molar-refractivity contribution is 0.609. The highest BCUT2D eigenvalue weighted by atomic mass is 15.3. The normalized spacial score (nSPS) is 26.9. The highest BCUT2D eigenvalue weighted by Gasteiger charge is 2.48. The van der Waals surface area contributed by atoms with E-state index in [1.165, 1.54) is 6.42 Å². The minimum atomic E-state index is 0.350. The average Bonchev–Trinajstić information content (AvgIpc) is 2.39. The fourth-order valence-corrected chi connectivity index (χ4v) is 1.38. The summed E-state index contributed by atoms with van der Waals surface area (Å²) in [6, 6.07) is 0. The van der Waals surface area contributed by atoms with E-state index in [1.807, 2.05) is 0 Å². The summed E-state index contributed by atoms with van der Waals surface area (Å²) in [5.41, 5.74) is 5.77. The molecule has 1 fully saturated rings. The molecule has 1 aromatic rings. The van der Waals surface area contributed by atoms with Crippen LogP contribution in [-0.4, -0.2) is 15.2 Å². The summed E-state index contributed by atoms with van der Waals surface area (Å²) in [5.74, 6) is 1.82. The van der Waals surface area contributed by atoms with Gasteiger partial charge in [-0.05, 0) is 11.8 Å². The molecular weight excluding hydrogens is 140 g/mol. The van der Waals surface area contributed by atoms with E-state index < -0.39 is 0 Å². The molecule has 1 atom stereocenters. The van der Waals surface area contributed by atoms with Crippen molar-refractivity contribution in [3.8, 4) is 0 Å². The molecule has 0 saturated heterocycles. The van der Waals surface area contributed by atoms with E-state index in [0.717, 1.165) is 5.82 Å². The summed E-state index contributed by atoms with van der Waals surface area (Å²) >= 11 is 0. The molecule has 60 valence electrons. The Balaban J connectivity index is 2.20. The minimum absolute atomic E-state index is 0.350. The van der Waals surface area contributed by atoms with E-state index in [-0.39, 0.29) is 0 Å². The van der Waals surface area contributed by atoms with Crippen LogP contribution in [0, 0.1) is 5.41 Å². The fraction of sp³-hybridized carbons (Fsp3) is 0.714. The summed E-state index contributed by atoms with van der Waals surface area (Å²) < 4.78 is 0. The van der Waals surface area contributed by atoms with E-state index in [4.69, 9.17) is 5.73 Å². The quantitative estimate of drug-likeness (QED) is 0.628. The second-order valence-corrected chi connectivity index (χ2v) is 3.82. The summed E-state index contributed by atoms with van der Waals surface area (Å²) in [6.45, 7) is 4.44. The van der Waals surface area contributed by atoms with Crippen LogP contribution in [0.4, 0.5) is 5.95 Å². The molecule has 3 N–H and O–H groups in total. The Kier molecular flexibility index (Phi) is 1.06. The Bertz CT molecular complexity index is 276. The zero-order valence-electron chi connectivity index (χ0n) is 6.76. The molecule has 1 aliphatic carbocycles. The lowest BCUT2D eigenvalue weighted by Gasteiger charge is -1.96. The highest BCUT2D eigenvalue weighted by molar-refractivity contribution is 5.21. The van der Waals surface area contributed by atoms with Gasteiger partial charge in [-0.3, -0.25) is 5.10 Å². The van der Waals surface area contributed by atoms with Crippen molar-refractivity contribution >= 4 is 5.95 Å². The summed E-state index contributed by atoms with van der Waals surface area (Å²) in [5, 5.41) is 6.62. The number of nitrogens with one attached hydrogen (secondary N) is 1. The molecule has 2 rings (SSSR count). The Labute approximate surface area is 65.2 Å². The van der Waals surface area contributed by atoms with Gasteiger partial charge >= 0.3 is 0 Å². The van der Waals surface area contributed by atoms with Gasteiger partial charge in [0.2, 0.25) is 5.95 Å². The van der Waals surface area contributed by atoms with E-state index >= 15 is 0 Å². The van der Waals surface area contributed by atoms with Crippen LogP contribution in [0.15, 0.2) is 0 Å². The molecule has 1 aromatic heterocycles. The molecule has 0 radical (unpaired) electrons. The fourth-order valence-electron chi connectivity index (χ4n) is 1.38. The third kappa shape index (κ3) is 0.982. The molecule has 4 heteroatoms. The Morgan fingerprint density at radius 2 is 2.27 bits per heavy atom. The van der Waals surface area contributed by atoms with Crippen LogP contribution < -0.4 is 5.73 Å². The van der Waals surface area contributed by atoms with Crippen LogP contribution >= 0.6 is 0 Å². The summed E-state index contributed by atoms with van der Waals surface area (Å²) in [6.07, 6.45) is 1.18. The van der Waals surface area contributed by atoms with Gasteiger partial charge in [-0.25, -0.2) is 0 Å². The van der Waals surface area contributed by atoms with Crippen molar-refractivity contribution in [3.63, 3.8) is 0 Å². The average molecular weight is 152 g/mol. The van der Waals surface area contributed by atoms with Crippen LogP contribution in [0.5, 0.6) is 0 Å². The van der Waals surface area contributed by atoms with Gasteiger partial charge in [0.15, 0.2) is 0 Å². The molecule has 0 bridgehead atoms. The van der Waals surface area contributed by atoms with Crippen LogP contribution in [0.1, 0.15) is 32.0 Å². The van der Waals surface area contributed by atoms with Crippen molar-refractivity contribution < 1.29 is 0 Å². The Hall–Kier alpha value is -1.06. The number of nitrogens with zero attached hydrogens (tertiary/aromatic N) is 2. The maximum atomic E-state index is 5.38. The predicted octanol–water partition coefficient (Wildman–Crippen LogP) is 0.900. The first-order chi connectivity index (χ1) is 5.09. The molecule has 0 spiro atoms. The van der Waals surface area contributed by atoms with E-state index in [1.54, 1.807) is 0 Å². The molecule has 1 saturated carbocycles. The number of aromatic nitrogens is 3. The van der Waals surface area contributed by atoms with E-state index in [9.17, 15) is 0 Å². The van der Waals surface area contributed by atoms with Crippen LogP contribution in [0.2, 0.25) is 0 Å². The van der Waals surface area contributed by atoms with Crippen molar-refractivity contribution in [1.82, 2.24) is 15.2 Å².